The van der Waals surface area contributed by atoms with Gasteiger partial charge in [-0.25, -0.2) is 4.68 Å². The van der Waals surface area contributed by atoms with E-state index in [0.717, 1.165) is 10.0 Å². The summed E-state index contributed by atoms with van der Waals surface area (Å²) in [5, 5.41) is 7.30. The van der Waals surface area contributed by atoms with Crippen LogP contribution in [0, 0.1) is 12.3 Å². The quantitative estimate of drug-likeness (QED) is 0.843. The molecule has 0 spiro atoms. The molecule has 0 fully saturated rings. The van der Waals surface area contributed by atoms with E-state index in [1.807, 2.05) is 31.2 Å². The molecular formula is C15H13BrClN3O. The van der Waals surface area contributed by atoms with Crippen LogP contribution in [0.1, 0.15) is 18.5 Å². The number of anilines is 1. The predicted molar refractivity (Wildman–Crippen MR) is 88.5 cm³/mol. The van der Waals surface area contributed by atoms with E-state index in [1.165, 1.54) is 10.9 Å². The van der Waals surface area contributed by atoms with Crippen LogP contribution in [0.2, 0.25) is 5.02 Å². The zero-order chi connectivity index (χ0) is 15.4. The Hall–Kier alpha value is -1.77. The van der Waals surface area contributed by atoms with Gasteiger partial charge in [0.2, 0.25) is 0 Å². The van der Waals surface area contributed by atoms with E-state index in [-0.39, 0.29) is 23.2 Å². The number of aromatic nitrogens is 2. The summed E-state index contributed by atoms with van der Waals surface area (Å²) >= 11 is 9.45. The number of terminal acetylenes is 1. The van der Waals surface area contributed by atoms with E-state index in [2.05, 4.69) is 32.3 Å². The van der Waals surface area contributed by atoms with Gasteiger partial charge in [0.05, 0.1) is 11.2 Å². The standard InChI is InChI=1S/C15H13BrClN3O/c1-3-8-20-15(21)14(13(17)9-18-20)19-10(2)11-4-6-12(16)7-5-11/h1,4-7,9-10,19H,8H2,2H3. The monoisotopic (exact) mass is 365 g/mol. The number of halogens is 2. The van der Waals surface area contributed by atoms with Crippen molar-refractivity contribution in [3.05, 3.63) is 55.9 Å². The van der Waals surface area contributed by atoms with Gasteiger partial charge >= 0.3 is 0 Å². The number of benzene rings is 1. The van der Waals surface area contributed by atoms with Crippen molar-refractivity contribution in [3.8, 4) is 12.3 Å². The fourth-order valence-electron chi connectivity index (χ4n) is 1.85. The molecule has 0 aliphatic heterocycles. The summed E-state index contributed by atoms with van der Waals surface area (Å²) in [5.74, 6) is 2.39. The van der Waals surface area contributed by atoms with Crippen molar-refractivity contribution >= 4 is 33.2 Å². The Balaban J connectivity index is 2.31. The highest BCUT2D eigenvalue weighted by atomic mass is 79.9. The largest absolute Gasteiger partial charge is 0.373 e. The second kappa shape index (κ2) is 6.79. The van der Waals surface area contributed by atoms with E-state index in [0.29, 0.717) is 5.69 Å². The molecule has 1 atom stereocenters. The van der Waals surface area contributed by atoms with Crippen LogP contribution in [0.5, 0.6) is 0 Å². The number of rotatable bonds is 4. The van der Waals surface area contributed by atoms with E-state index in [9.17, 15) is 4.79 Å². The normalized spacial score (nSPS) is 11.7. The Kier molecular flexibility index (Phi) is 5.05. The molecule has 1 heterocycles. The first kappa shape index (κ1) is 15.6. The molecule has 0 saturated heterocycles. The van der Waals surface area contributed by atoms with Gasteiger partial charge in [0.25, 0.3) is 5.56 Å². The van der Waals surface area contributed by atoms with Crippen LogP contribution in [-0.4, -0.2) is 9.78 Å². The minimum absolute atomic E-state index is 0.0787. The molecule has 21 heavy (non-hydrogen) atoms. The zero-order valence-corrected chi connectivity index (χ0v) is 13.6. The molecule has 108 valence electrons. The maximum atomic E-state index is 12.3. The van der Waals surface area contributed by atoms with Gasteiger partial charge in [-0.2, -0.15) is 5.10 Å². The molecule has 0 amide bonds. The third kappa shape index (κ3) is 3.66. The van der Waals surface area contributed by atoms with Crippen molar-refractivity contribution < 1.29 is 0 Å². The van der Waals surface area contributed by atoms with E-state index in [1.54, 1.807) is 0 Å². The van der Waals surface area contributed by atoms with Crippen LogP contribution in [-0.2, 0) is 6.54 Å². The molecule has 0 aliphatic carbocycles. The summed E-state index contributed by atoms with van der Waals surface area (Å²) in [7, 11) is 0. The predicted octanol–water partition coefficient (Wildman–Crippen LogP) is 3.47. The van der Waals surface area contributed by atoms with Gasteiger partial charge in [0, 0.05) is 10.5 Å². The fourth-order valence-corrected chi connectivity index (χ4v) is 2.29. The lowest BCUT2D eigenvalue weighted by Crippen LogP contribution is -2.26. The maximum absolute atomic E-state index is 12.3. The minimum atomic E-state index is -0.329. The highest BCUT2D eigenvalue weighted by Crippen LogP contribution is 2.23. The second-order valence-corrected chi connectivity index (χ2v) is 5.77. The fraction of sp³-hybridized carbons (Fsp3) is 0.200. The molecule has 0 bridgehead atoms. The Labute approximate surface area is 136 Å². The molecule has 2 aromatic rings. The van der Waals surface area contributed by atoms with Crippen molar-refractivity contribution in [3.63, 3.8) is 0 Å². The average Bonchev–Trinajstić information content (AvgIpc) is 2.47. The molecular weight excluding hydrogens is 354 g/mol. The van der Waals surface area contributed by atoms with Crippen LogP contribution in [0.15, 0.2) is 39.7 Å². The van der Waals surface area contributed by atoms with Crippen LogP contribution >= 0.6 is 27.5 Å². The van der Waals surface area contributed by atoms with Gasteiger partial charge in [-0.1, -0.05) is 45.6 Å². The first-order valence-corrected chi connectivity index (χ1v) is 7.41. The molecule has 4 nitrogen and oxygen atoms in total. The molecule has 0 saturated carbocycles. The summed E-state index contributed by atoms with van der Waals surface area (Å²) in [5.41, 5.74) is 1.01. The highest BCUT2D eigenvalue weighted by molar-refractivity contribution is 9.10. The Morgan fingerprint density at radius 2 is 2.14 bits per heavy atom. The maximum Gasteiger partial charge on any atom is 0.292 e. The summed E-state index contributed by atoms with van der Waals surface area (Å²) in [4.78, 5) is 12.3. The highest BCUT2D eigenvalue weighted by Gasteiger charge is 2.13. The van der Waals surface area contributed by atoms with Gasteiger partial charge in [-0.05, 0) is 24.6 Å². The van der Waals surface area contributed by atoms with Crippen molar-refractivity contribution in [2.24, 2.45) is 0 Å². The second-order valence-electron chi connectivity index (χ2n) is 4.45. The first-order valence-electron chi connectivity index (χ1n) is 6.24. The summed E-state index contributed by atoms with van der Waals surface area (Å²) in [6, 6.07) is 7.74. The topological polar surface area (TPSA) is 46.9 Å². The SMILES string of the molecule is C#CCn1ncc(Cl)c(NC(C)c2ccc(Br)cc2)c1=O. The van der Waals surface area contributed by atoms with E-state index < -0.39 is 0 Å². The molecule has 0 radical (unpaired) electrons. The number of hydrogen-bond acceptors (Lipinski definition) is 3. The van der Waals surface area contributed by atoms with Crippen LogP contribution in [0.4, 0.5) is 5.69 Å². The first-order chi connectivity index (χ1) is 10.0. The Morgan fingerprint density at radius 3 is 2.76 bits per heavy atom. The minimum Gasteiger partial charge on any atom is -0.373 e. The average molecular weight is 367 g/mol. The molecule has 1 N–H and O–H groups in total. The number of nitrogens with zero attached hydrogens (tertiary/aromatic N) is 2. The lowest BCUT2D eigenvalue weighted by molar-refractivity contribution is 0.662. The smallest absolute Gasteiger partial charge is 0.292 e. The molecule has 1 unspecified atom stereocenters. The third-order valence-electron chi connectivity index (χ3n) is 2.97. The van der Waals surface area contributed by atoms with Crippen molar-refractivity contribution in [2.75, 3.05) is 5.32 Å². The Morgan fingerprint density at radius 1 is 1.48 bits per heavy atom. The van der Waals surface area contributed by atoms with Gasteiger partial charge in [0.15, 0.2) is 0 Å². The van der Waals surface area contributed by atoms with Gasteiger partial charge < -0.3 is 5.32 Å². The van der Waals surface area contributed by atoms with E-state index >= 15 is 0 Å². The van der Waals surface area contributed by atoms with Crippen molar-refractivity contribution in [1.29, 1.82) is 0 Å². The zero-order valence-electron chi connectivity index (χ0n) is 11.3. The van der Waals surface area contributed by atoms with Crippen LogP contribution < -0.4 is 10.9 Å². The van der Waals surface area contributed by atoms with E-state index in [4.69, 9.17) is 18.0 Å². The molecule has 1 aromatic carbocycles. The lowest BCUT2D eigenvalue weighted by atomic mass is 10.1. The van der Waals surface area contributed by atoms with Crippen molar-refractivity contribution in [1.82, 2.24) is 9.78 Å². The lowest BCUT2D eigenvalue weighted by Gasteiger charge is -2.16. The number of nitrogens with one attached hydrogen (secondary N) is 1. The van der Waals surface area contributed by atoms with Crippen molar-refractivity contribution in [2.45, 2.75) is 19.5 Å². The van der Waals surface area contributed by atoms with Crippen LogP contribution in [0.25, 0.3) is 0 Å². The molecule has 0 aliphatic rings. The molecule has 2 rings (SSSR count). The van der Waals surface area contributed by atoms with Crippen LogP contribution in [0.3, 0.4) is 0 Å². The number of hydrogen-bond donors (Lipinski definition) is 1. The third-order valence-corrected chi connectivity index (χ3v) is 3.78. The summed E-state index contributed by atoms with van der Waals surface area (Å²) < 4.78 is 2.19. The van der Waals surface area contributed by atoms with Gasteiger partial charge in [-0.15, -0.1) is 6.42 Å². The summed E-state index contributed by atoms with van der Waals surface area (Å²) in [6.07, 6.45) is 6.63. The Bertz CT molecular complexity index is 734. The summed E-state index contributed by atoms with van der Waals surface area (Å²) in [6.45, 7) is 2.06. The van der Waals surface area contributed by atoms with Gasteiger partial charge in [0.1, 0.15) is 12.2 Å². The molecule has 1 aromatic heterocycles. The molecule has 6 heteroatoms. The van der Waals surface area contributed by atoms with Gasteiger partial charge in [-0.3, -0.25) is 4.79 Å².